The van der Waals surface area contributed by atoms with Crippen molar-refractivity contribution < 1.29 is 14.3 Å². The van der Waals surface area contributed by atoms with Crippen molar-refractivity contribution in [3.8, 4) is 0 Å². The van der Waals surface area contributed by atoms with E-state index in [9.17, 15) is 9.59 Å². The Balaban J connectivity index is 2.33. The molecule has 1 aromatic heterocycles. The molecule has 0 radical (unpaired) electrons. The number of carbonyl (C=O) groups excluding carboxylic acids is 2. The van der Waals surface area contributed by atoms with Crippen LogP contribution in [0.2, 0.25) is 0 Å². The van der Waals surface area contributed by atoms with Crippen LogP contribution < -0.4 is 5.32 Å². The molecule has 1 aromatic rings. The second kappa shape index (κ2) is 6.31. The minimum Gasteiger partial charge on any atom is -0.458 e. The zero-order valence-electron chi connectivity index (χ0n) is 11.7. The molecule has 0 unspecified atom stereocenters. The Labute approximate surface area is 112 Å². The fourth-order valence-corrected chi connectivity index (χ4v) is 1.33. The summed E-state index contributed by atoms with van der Waals surface area (Å²) in [5.41, 5.74) is -0.559. The van der Waals surface area contributed by atoms with Gasteiger partial charge in [-0.1, -0.05) is 0 Å². The largest absolute Gasteiger partial charge is 0.458 e. The Morgan fingerprint density at radius 3 is 2.63 bits per heavy atom. The summed E-state index contributed by atoms with van der Waals surface area (Å²) in [5.74, 6) is -0.671. The number of esters is 1. The highest BCUT2D eigenvalue weighted by atomic mass is 16.6. The number of rotatable bonds is 5. The summed E-state index contributed by atoms with van der Waals surface area (Å²) in [6, 6.07) is -0.664. The van der Waals surface area contributed by atoms with Crippen LogP contribution in [0, 0.1) is 0 Å². The van der Waals surface area contributed by atoms with E-state index in [1.807, 2.05) is 0 Å². The number of nitrogens with zero attached hydrogens (tertiary/aromatic N) is 3. The third kappa shape index (κ3) is 5.98. The highest BCUT2D eigenvalue weighted by Crippen LogP contribution is 2.08. The summed E-state index contributed by atoms with van der Waals surface area (Å²) >= 11 is 0. The Bertz CT molecular complexity index is 423. The molecule has 7 nitrogen and oxygen atoms in total. The smallest absolute Gasteiger partial charge is 0.328 e. The maximum absolute atomic E-state index is 11.7. The molecule has 0 saturated carbocycles. The highest BCUT2D eigenvalue weighted by Gasteiger charge is 2.22. The van der Waals surface area contributed by atoms with E-state index in [1.165, 1.54) is 12.7 Å². The lowest BCUT2D eigenvalue weighted by atomic mass is 10.2. The van der Waals surface area contributed by atoms with E-state index >= 15 is 0 Å². The van der Waals surface area contributed by atoms with Crippen molar-refractivity contribution in [1.29, 1.82) is 0 Å². The number of amides is 1. The van der Waals surface area contributed by atoms with E-state index in [0.29, 0.717) is 6.54 Å². The van der Waals surface area contributed by atoms with Gasteiger partial charge >= 0.3 is 5.97 Å². The summed E-state index contributed by atoms with van der Waals surface area (Å²) in [6.07, 6.45) is 3.17. The average Bonchev–Trinajstić information content (AvgIpc) is 2.76. The van der Waals surface area contributed by atoms with Gasteiger partial charge in [-0.05, 0) is 27.7 Å². The SMILES string of the molecule is C[C@H](NC(=O)CCn1cncn1)C(=O)OC(C)(C)C. The fourth-order valence-electron chi connectivity index (χ4n) is 1.33. The Morgan fingerprint density at radius 2 is 2.11 bits per heavy atom. The van der Waals surface area contributed by atoms with Crippen molar-refractivity contribution in [3.63, 3.8) is 0 Å². The predicted octanol–water partition coefficient (Wildman–Crippen LogP) is 0.515. The Kier molecular flexibility index (Phi) is 5.02. The molecule has 0 aliphatic carbocycles. The van der Waals surface area contributed by atoms with Gasteiger partial charge in [-0.15, -0.1) is 0 Å². The van der Waals surface area contributed by atoms with E-state index in [2.05, 4.69) is 15.4 Å². The van der Waals surface area contributed by atoms with E-state index in [-0.39, 0.29) is 12.3 Å². The first-order chi connectivity index (χ1) is 8.78. The maximum Gasteiger partial charge on any atom is 0.328 e. The Morgan fingerprint density at radius 1 is 1.42 bits per heavy atom. The van der Waals surface area contributed by atoms with E-state index in [4.69, 9.17) is 4.74 Å². The number of nitrogens with one attached hydrogen (secondary N) is 1. The summed E-state index contributed by atoms with van der Waals surface area (Å²) in [5, 5.41) is 6.47. The number of hydrogen-bond donors (Lipinski definition) is 1. The van der Waals surface area contributed by atoms with Crippen LogP contribution in [-0.4, -0.2) is 38.3 Å². The first-order valence-electron chi connectivity index (χ1n) is 6.12. The molecule has 0 aliphatic rings. The minimum absolute atomic E-state index is 0.228. The summed E-state index contributed by atoms with van der Waals surface area (Å²) in [4.78, 5) is 27.1. The standard InChI is InChI=1S/C12H20N4O3/c1-9(11(18)19-12(2,3)4)15-10(17)5-6-16-8-13-7-14-16/h7-9H,5-6H2,1-4H3,(H,15,17)/t9-/m0/s1. The van der Waals surface area contributed by atoms with Gasteiger partial charge in [0.25, 0.3) is 0 Å². The van der Waals surface area contributed by atoms with Gasteiger partial charge in [0, 0.05) is 6.42 Å². The number of aromatic nitrogens is 3. The molecule has 1 N–H and O–H groups in total. The van der Waals surface area contributed by atoms with Crippen LogP contribution in [0.1, 0.15) is 34.1 Å². The van der Waals surface area contributed by atoms with E-state index in [1.54, 1.807) is 32.4 Å². The molecule has 19 heavy (non-hydrogen) atoms. The number of aryl methyl sites for hydroxylation is 1. The molecule has 1 amide bonds. The van der Waals surface area contributed by atoms with Gasteiger partial charge in [-0.2, -0.15) is 5.10 Å². The monoisotopic (exact) mass is 268 g/mol. The molecule has 1 heterocycles. The molecular weight excluding hydrogens is 248 g/mol. The van der Waals surface area contributed by atoms with Crippen molar-refractivity contribution in [2.24, 2.45) is 0 Å². The topological polar surface area (TPSA) is 86.1 Å². The van der Waals surface area contributed by atoms with Crippen molar-refractivity contribution in [1.82, 2.24) is 20.1 Å². The number of hydrogen-bond acceptors (Lipinski definition) is 5. The minimum atomic E-state index is -0.664. The van der Waals surface area contributed by atoms with Crippen LogP contribution >= 0.6 is 0 Å². The first-order valence-corrected chi connectivity index (χ1v) is 6.12. The molecule has 1 atom stereocenters. The third-order valence-corrected chi connectivity index (χ3v) is 2.17. The molecule has 7 heteroatoms. The van der Waals surface area contributed by atoms with Crippen molar-refractivity contribution in [2.45, 2.75) is 52.3 Å². The Hall–Kier alpha value is -1.92. The summed E-state index contributed by atoms with van der Waals surface area (Å²) in [7, 11) is 0. The lowest BCUT2D eigenvalue weighted by molar-refractivity contribution is -0.158. The van der Waals surface area contributed by atoms with Crippen LogP contribution in [0.25, 0.3) is 0 Å². The van der Waals surface area contributed by atoms with Crippen LogP contribution in [0.15, 0.2) is 12.7 Å². The zero-order valence-corrected chi connectivity index (χ0v) is 11.7. The zero-order chi connectivity index (χ0) is 14.5. The molecule has 0 saturated heterocycles. The maximum atomic E-state index is 11.7. The summed E-state index contributed by atoms with van der Waals surface area (Å²) < 4.78 is 6.72. The number of carbonyl (C=O) groups is 2. The van der Waals surface area contributed by atoms with Crippen LogP contribution in [-0.2, 0) is 20.9 Å². The first kappa shape index (κ1) is 15.1. The molecule has 0 aliphatic heterocycles. The van der Waals surface area contributed by atoms with Crippen LogP contribution in [0.5, 0.6) is 0 Å². The van der Waals surface area contributed by atoms with Crippen LogP contribution in [0.4, 0.5) is 0 Å². The second-order valence-electron chi connectivity index (χ2n) is 5.23. The van der Waals surface area contributed by atoms with Gasteiger partial charge < -0.3 is 10.1 Å². The van der Waals surface area contributed by atoms with Gasteiger partial charge in [-0.3, -0.25) is 9.48 Å². The molecule has 0 bridgehead atoms. The number of ether oxygens (including phenoxy) is 1. The van der Waals surface area contributed by atoms with Gasteiger partial charge in [-0.25, -0.2) is 9.78 Å². The molecule has 0 fully saturated rings. The molecular formula is C12H20N4O3. The summed E-state index contributed by atoms with van der Waals surface area (Å²) in [6.45, 7) is 7.37. The van der Waals surface area contributed by atoms with Crippen molar-refractivity contribution >= 4 is 11.9 Å². The van der Waals surface area contributed by atoms with E-state index in [0.717, 1.165) is 0 Å². The van der Waals surface area contributed by atoms with Crippen LogP contribution in [0.3, 0.4) is 0 Å². The van der Waals surface area contributed by atoms with Crippen molar-refractivity contribution in [3.05, 3.63) is 12.7 Å². The van der Waals surface area contributed by atoms with Gasteiger partial charge in [0.2, 0.25) is 5.91 Å². The molecule has 106 valence electrons. The van der Waals surface area contributed by atoms with Crippen molar-refractivity contribution in [2.75, 3.05) is 0 Å². The lowest BCUT2D eigenvalue weighted by Crippen LogP contribution is -2.42. The van der Waals surface area contributed by atoms with Gasteiger partial charge in [0.1, 0.15) is 24.3 Å². The normalized spacial score (nSPS) is 12.8. The second-order valence-corrected chi connectivity index (χ2v) is 5.23. The van der Waals surface area contributed by atoms with Gasteiger partial charge in [0.15, 0.2) is 0 Å². The average molecular weight is 268 g/mol. The lowest BCUT2D eigenvalue weighted by Gasteiger charge is -2.22. The highest BCUT2D eigenvalue weighted by molar-refractivity contribution is 5.84. The third-order valence-electron chi connectivity index (χ3n) is 2.17. The fraction of sp³-hybridized carbons (Fsp3) is 0.667. The van der Waals surface area contributed by atoms with Gasteiger partial charge in [0.05, 0.1) is 6.54 Å². The molecule has 1 rings (SSSR count). The van der Waals surface area contributed by atoms with E-state index < -0.39 is 17.6 Å². The predicted molar refractivity (Wildman–Crippen MR) is 68.1 cm³/mol. The molecule has 0 aromatic carbocycles. The molecule has 0 spiro atoms. The quantitative estimate of drug-likeness (QED) is 0.786.